The van der Waals surface area contributed by atoms with E-state index in [2.05, 4.69) is 11.6 Å². The van der Waals surface area contributed by atoms with Crippen LogP contribution in [0.2, 0.25) is 0 Å². The third-order valence-electron chi connectivity index (χ3n) is 1.53. The molecule has 0 aromatic heterocycles. The Morgan fingerprint density at radius 1 is 1.50 bits per heavy atom. The number of methoxy groups -OCH3 is 1. The quantitative estimate of drug-likeness (QED) is 0.484. The van der Waals surface area contributed by atoms with Gasteiger partial charge in [0.2, 0.25) is 0 Å². The summed E-state index contributed by atoms with van der Waals surface area (Å²) in [6.45, 7) is 9.89. The number of ether oxygens (including phenoxy) is 2. The van der Waals surface area contributed by atoms with E-state index in [1.54, 1.807) is 19.4 Å². The van der Waals surface area contributed by atoms with Crippen molar-refractivity contribution in [2.24, 2.45) is 4.99 Å². The van der Waals surface area contributed by atoms with Crippen molar-refractivity contribution in [2.75, 3.05) is 13.7 Å². The lowest BCUT2D eigenvalue weighted by atomic mass is 10.4. The van der Waals surface area contributed by atoms with Gasteiger partial charge in [-0.2, -0.15) is 0 Å². The van der Waals surface area contributed by atoms with Crippen molar-refractivity contribution in [3.05, 3.63) is 24.6 Å². The molecule has 0 saturated carbocycles. The van der Waals surface area contributed by atoms with Crippen molar-refractivity contribution >= 4 is 5.71 Å². The van der Waals surface area contributed by atoms with Crippen molar-refractivity contribution < 1.29 is 9.47 Å². The van der Waals surface area contributed by atoms with Gasteiger partial charge in [0.1, 0.15) is 11.9 Å². The summed E-state index contributed by atoms with van der Waals surface area (Å²) in [4.78, 5) is 4.13. The summed E-state index contributed by atoms with van der Waals surface area (Å²) in [5.74, 6) is 0.774. The fourth-order valence-corrected chi connectivity index (χ4v) is 0.862. The van der Waals surface area contributed by atoms with Crippen LogP contribution in [0.4, 0.5) is 0 Å². The standard InChI is InChI=1S/C11H19NO2/c1-6-9(2)12-7-10(3)14-11(4)8-13-5/h6-7,11H,1,8H2,2-5H3/b10-7+,12-9-/t11-/m0/s1. The first kappa shape index (κ1) is 12.9. The molecule has 1 atom stereocenters. The first-order valence-electron chi connectivity index (χ1n) is 4.59. The van der Waals surface area contributed by atoms with Gasteiger partial charge in [-0.05, 0) is 26.8 Å². The first-order valence-corrected chi connectivity index (χ1v) is 4.59. The highest BCUT2D eigenvalue weighted by Gasteiger charge is 2.01. The van der Waals surface area contributed by atoms with Crippen LogP contribution < -0.4 is 0 Å². The van der Waals surface area contributed by atoms with Gasteiger partial charge in [-0.25, -0.2) is 0 Å². The molecular formula is C11H19NO2. The highest BCUT2D eigenvalue weighted by atomic mass is 16.5. The average Bonchev–Trinajstić information content (AvgIpc) is 2.14. The first-order chi connectivity index (χ1) is 6.60. The molecule has 0 fully saturated rings. The zero-order chi connectivity index (χ0) is 11.0. The maximum absolute atomic E-state index is 5.48. The minimum Gasteiger partial charge on any atom is -0.491 e. The summed E-state index contributed by atoms with van der Waals surface area (Å²) in [7, 11) is 1.65. The highest BCUT2D eigenvalue weighted by molar-refractivity contribution is 5.92. The van der Waals surface area contributed by atoms with Crippen LogP contribution >= 0.6 is 0 Å². The van der Waals surface area contributed by atoms with Crippen molar-refractivity contribution in [3.8, 4) is 0 Å². The zero-order valence-corrected chi connectivity index (χ0v) is 9.41. The molecule has 0 aliphatic carbocycles. The molecule has 0 rings (SSSR count). The molecular weight excluding hydrogens is 178 g/mol. The van der Waals surface area contributed by atoms with Gasteiger partial charge < -0.3 is 9.47 Å². The molecule has 0 saturated heterocycles. The maximum atomic E-state index is 5.48. The predicted octanol–water partition coefficient (Wildman–Crippen LogP) is 2.55. The number of nitrogens with zero attached hydrogens (tertiary/aromatic N) is 1. The molecule has 0 bridgehead atoms. The lowest BCUT2D eigenvalue weighted by molar-refractivity contribution is 0.0488. The molecule has 3 nitrogen and oxygen atoms in total. The summed E-state index contributed by atoms with van der Waals surface area (Å²) in [6, 6.07) is 0. The Bertz CT molecular complexity index is 231. The molecule has 3 heteroatoms. The molecule has 80 valence electrons. The molecule has 14 heavy (non-hydrogen) atoms. The largest absolute Gasteiger partial charge is 0.491 e. The summed E-state index contributed by atoms with van der Waals surface area (Å²) in [5.41, 5.74) is 0.868. The van der Waals surface area contributed by atoms with Gasteiger partial charge in [0, 0.05) is 12.8 Å². The van der Waals surface area contributed by atoms with Crippen LogP contribution in [0.1, 0.15) is 20.8 Å². The van der Waals surface area contributed by atoms with Gasteiger partial charge in [-0.3, -0.25) is 4.99 Å². The van der Waals surface area contributed by atoms with Crippen LogP contribution in [0.25, 0.3) is 0 Å². The predicted molar refractivity (Wildman–Crippen MR) is 59.5 cm³/mol. The highest BCUT2D eigenvalue weighted by Crippen LogP contribution is 2.02. The van der Waals surface area contributed by atoms with Gasteiger partial charge in [0.15, 0.2) is 0 Å². The van der Waals surface area contributed by atoms with Crippen molar-refractivity contribution in [1.29, 1.82) is 0 Å². The van der Waals surface area contributed by atoms with E-state index in [4.69, 9.17) is 9.47 Å². The molecule has 0 aliphatic rings. The van der Waals surface area contributed by atoms with Crippen molar-refractivity contribution in [1.82, 2.24) is 0 Å². The number of allylic oxidation sites excluding steroid dienone is 2. The summed E-state index contributed by atoms with van der Waals surface area (Å²) >= 11 is 0. The van der Waals surface area contributed by atoms with E-state index < -0.39 is 0 Å². The van der Waals surface area contributed by atoms with E-state index in [9.17, 15) is 0 Å². The Kier molecular flexibility index (Phi) is 6.76. The van der Waals surface area contributed by atoms with Crippen LogP contribution in [0.15, 0.2) is 29.6 Å². The topological polar surface area (TPSA) is 30.8 Å². The number of rotatable bonds is 6. The third kappa shape index (κ3) is 6.43. The second-order valence-electron chi connectivity index (χ2n) is 3.10. The molecule has 0 amide bonds. The van der Waals surface area contributed by atoms with Crippen LogP contribution in [0, 0.1) is 0 Å². The Morgan fingerprint density at radius 2 is 2.14 bits per heavy atom. The van der Waals surface area contributed by atoms with Crippen LogP contribution in [0.3, 0.4) is 0 Å². The van der Waals surface area contributed by atoms with E-state index in [0.717, 1.165) is 11.5 Å². The van der Waals surface area contributed by atoms with E-state index >= 15 is 0 Å². The van der Waals surface area contributed by atoms with Gasteiger partial charge in [-0.15, -0.1) is 0 Å². The summed E-state index contributed by atoms with van der Waals surface area (Å²) < 4.78 is 10.4. The minimum atomic E-state index is 0.0514. The number of aliphatic imine (C=N–C) groups is 1. The van der Waals surface area contributed by atoms with E-state index in [-0.39, 0.29) is 6.10 Å². The zero-order valence-electron chi connectivity index (χ0n) is 9.41. The van der Waals surface area contributed by atoms with Crippen molar-refractivity contribution in [2.45, 2.75) is 26.9 Å². The van der Waals surface area contributed by atoms with Gasteiger partial charge in [-0.1, -0.05) is 6.58 Å². The number of hydrogen-bond donors (Lipinski definition) is 0. The fraction of sp³-hybridized carbons (Fsp3) is 0.545. The molecule has 0 aromatic carbocycles. The molecule has 0 heterocycles. The van der Waals surface area contributed by atoms with Gasteiger partial charge >= 0.3 is 0 Å². The second-order valence-corrected chi connectivity index (χ2v) is 3.10. The SMILES string of the molecule is C=C/C(C)=N\C=C(/C)O[C@@H](C)COC. The number of hydrogen-bond acceptors (Lipinski definition) is 3. The third-order valence-corrected chi connectivity index (χ3v) is 1.53. The fourth-order valence-electron chi connectivity index (χ4n) is 0.862. The lowest BCUT2D eigenvalue weighted by Gasteiger charge is -2.12. The molecule has 0 unspecified atom stereocenters. The van der Waals surface area contributed by atoms with Crippen LogP contribution in [-0.4, -0.2) is 25.5 Å². The Labute approximate surface area is 86.1 Å². The summed E-state index contributed by atoms with van der Waals surface area (Å²) in [6.07, 6.45) is 3.43. The van der Waals surface area contributed by atoms with E-state index in [1.165, 1.54) is 0 Å². The summed E-state index contributed by atoms with van der Waals surface area (Å²) in [5, 5.41) is 0. The Morgan fingerprint density at radius 3 is 2.64 bits per heavy atom. The normalized spacial score (nSPS) is 15.1. The van der Waals surface area contributed by atoms with Crippen molar-refractivity contribution in [3.63, 3.8) is 0 Å². The molecule has 0 aliphatic heterocycles. The van der Waals surface area contributed by atoms with E-state index in [1.807, 2.05) is 20.8 Å². The van der Waals surface area contributed by atoms with Crippen LogP contribution in [-0.2, 0) is 9.47 Å². The van der Waals surface area contributed by atoms with Crippen LogP contribution in [0.5, 0.6) is 0 Å². The minimum absolute atomic E-state index is 0.0514. The van der Waals surface area contributed by atoms with E-state index in [0.29, 0.717) is 6.61 Å². The van der Waals surface area contributed by atoms with Gasteiger partial charge in [0.05, 0.1) is 12.8 Å². The monoisotopic (exact) mass is 197 g/mol. The molecule has 0 radical (unpaired) electrons. The van der Waals surface area contributed by atoms with Gasteiger partial charge in [0.25, 0.3) is 0 Å². The Hall–Kier alpha value is -1.09. The second kappa shape index (κ2) is 7.33. The lowest BCUT2D eigenvalue weighted by Crippen LogP contribution is -2.13. The Balaban J connectivity index is 4.06. The average molecular weight is 197 g/mol. The molecule has 0 N–H and O–H groups in total. The maximum Gasteiger partial charge on any atom is 0.119 e. The molecule has 0 aromatic rings. The molecule has 0 spiro atoms. The smallest absolute Gasteiger partial charge is 0.119 e.